The van der Waals surface area contributed by atoms with E-state index < -0.39 is 0 Å². The Labute approximate surface area is 125 Å². The molecule has 112 valence electrons. The van der Waals surface area contributed by atoms with E-state index >= 15 is 0 Å². The Morgan fingerprint density at radius 1 is 1.33 bits per heavy atom. The van der Waals surface area contributed by atoms with Crippen molar-refractivity contribution in [3.05, 3.63) is 36.1 Å². The van der Waals surface area contributed by atoms with Crippen LogP contribution in [0.1, 0.15) is 43.5 Å². The van der Waals surface area contributed by atoms with Gasteiger partial charge in [-0.2, -0.15) is 0 Å². The predicted octanol–water partition coefficient (Wildman–Crippen LogP) is 4.13. The van der Waals surface area contributed by atoms with Crippen LogP contribution in [0.4, 0.5) is 0 Å². The number of carbonyl (C=O) groups excluding carboxylic acids is 1. The Balaban J connectivity index is 1.72. The second-order valence-corrected chi connectivity index (χ2v) is 6.45. The first-order valence-electron chi connectivity index (χ1n) is 7.88. The minimum absolute atomic E-state index is 0.176. The first-order chi connectivity index (χ1) is 10.1. The molecule has 1 saturated carbocycles. The number of ketones is 1. The number of carbonyl (C=O) groups is 1. The molecule has 1 aliphatic carbocycles. The van der Waals surface area contributed by atoms with Gasteiger partial charge in [-0.15, -0.1) is 0 Å². The number of para-hydroxylation sites is 1. The Bertz CT molecular complexity index is 625. The van der Waals surface area contributed by atoms with Crippen LogP contribution in [-0.4, -0.2) is 29.8 Å². The fourth-order valence-electron chi connectivity index (χ4n) is 2.72. The minimum atomic E-state index is 0.176. The van der Waals surface area contributed by atoms with Gasteiger partial charge in [-0.25, -0.2) is 0 Å². The van der Waals surface area contributed by atoms with Gasteiger partial charge in [0.2, 0.25) is 0 Å². The van der Waals surface area contributed by atoms with Gasteiger partial charge < -0.3 is 4.42 Å². The summed E-state index contributed by atoms with van der Waals surface area (Å²) in [5.74, 6) is 0.853. The lowest BCUT2D eigenvalue weighted by Gasteiger charge is -2.21. The molecule has 1 aliphatic rings. The molecule has 0 radical (unpaired) electrons. The zero-order chi connectivity index (χ0) is 14.8. The molecular weight excluding hydrogens is 262 g/mol. The molecular formula is C18H23NO2. The summed E-state index contributed by atoms with van der Waals surface area (Å²) in [5, 5.41) is 0.933. The molecule has 0 atom stereocenters. The highest BCUT2D eigenvalue weighted by Gasteiger charge is 2.30. The van der Waals surface area contributed by atoms with Gasteiger partial charge in [-0.05, 0) is 37.8 Å². The number of benzene rings is 1. The summed E-state index contributed by atoms with van der Waals surface area (Å²) in [5.41, 5.74) is 1.52. The molecule has 0 amide bonds. The van der Waals surface area contributed by atoms with E-state index in [0.717, 1.165) is 29.5 Å². The van der Waals surface area contributed by atoms with E-state index in [-0.39, 0.29) is 5.78 Å². The maximum atomic E-state index is 12.6. The largest absolute Gasteiger partial charge is 0.464 e. The normalized spacial score (nSPS) is 15.2. The number of hydrogen-bond donors (Lipinski definition) is 0. The third-order valence-electron chi connectivity index (χ3n) is 4.19. The maximum absolute atomic E-state index is 12.6. The number of fused-ring (bicyclic) bond motifs is 1. The number of hydrogen-bond acceptors (Lipinski definition) is 3. The van der Waals surface area contributed by atoms with Crippen LogP contribution in [0.2, 0.25) is 0 Å². The smallest absolute Gasteiger partial charge is 0.180 e. The molecule has 3 heteroatoms. The number of Topliss-reactive ketones (excluding diaryl/α,β-unsaturated/α-hetero) is 1. The molecule has 3 rings (SSSR count). The molecule has 1 heterocycles. The third kappa shape index (κ3) is 3.35. The summed E-state index contributed by atoms with van der Waals surface area (Å²) in [6.07, 6.45) is 5.23. The van der Waals surface area contributed by atoms with Crippen LogP contribution in [0.25, 0.3) is 11.0 Å². The van der Waals surface area contributed by atoms with Crippen molar-refractivity contribution in [2.75, 3.05) is 13.1 Å². The highest BCUT2D eigenvalue weighted by atomic mass is 16.3. The van der Waals surface area contributed by atoms with E-state index in [0.29, 0.717) is 18.5 Å². The molecule has 0 spiro atoms. The van der Waals surface area contributed by atoms with Crippen LogP contribution < -0.4 is 0 Å². The van der Waals surface area contributed by atoms with Crippen molar-refractivity contribution in [1.29, 1.82) is 0 Å². The van der Waals surface area contributed by atoms with Crippen LogP contribution >= 0.6 is 0 Å². The van der Waals surface area contributed by atoms with Gasteiger partial charge in [0.25, 0.3) is 0 Å². The summed E-state index contributed by atoms with van der Waals surface area (Å²) in [7, 11) is 0. The van der Waals surface area contributed by atoms with Crippen molar-refractivity contribution in [3.8, 4) is 0 Å². The molecule has 0 bridgehead atoms. The summed E-state index contributed by atoms with van der Waals surface area (Å²) in [6.45, 7) is 6.00. The van der Waals surface area contributed by atoms with Gasteiger partial charge in [0.1, 0.15) is 11.8 Å². The SMILES string of the molecule is CC(C)CCN(CC(=O)c1coc2ccccc12)C1CC1. The van der Waals surface area contributed by atoms with E-state index in [1.54, 1.807) is 6.26 Å². The Morgan fingerprint density at radius 3 is 2.81 bits per heavy atom. The van der Waals surface area contributed by atoms with E-state index in [1.165, 1.54) is 12.8 Å². The van der Waals surface area contributed by atoms with Crippen molar-refractivity contribution in [2.45, 2.75) is 39.2 Å². The molecule has 1 aromatic heterocycles. The van der Waals surface area contributed by atoms with E-state index in [2.05, 4.69) is 18.7 Å². The zero-order valence-electron chi connectivity index (χ0n) is 12.8. The Hall–Kier alpha value is -1.61. The Morgan fingerprint density at radius 2 is 2.10 bits per heavy atom. The molecule has 0 N–H and O–H groups in total. The monoisotopic (exact) mass is 285 g/mol. The van der Waals surface area contributed by atoms with Crippen molar-refractivity contribution in [2.24, 2.45) is 5.92 Å². The molecule has 0 aliphatic heterocycles. The van der Waals surface area contributed by atoms with Gasteiger partial charge in [-0.1, -0.05) is 32.0 Å². The molecule has 0 unspecified atom stereocenters. The number of nitrogens with zero attached hydrogens (tertiary/aromatic N) is 1. The van der Waals surface area contributed by atoms with Crippen LogP contribution in [0.5, 0.6) is 0 Å². The molecule has 2 aromatic rings. The van der Waals surface area contributed by atoms with Gasteiger partial charge in [0.05, 0.1) is 12.1 Å². The van der Waals surface area contributed by atoms with Gasteiger partial charge >= 0.3 is 0 Å². The highest BCUT2D eigenvalue weighted by molar-refractivity contribution is 6.08. The maximum Gasteiger partial charge on any atom is 0.180 e. The summed E-state index contributed by atoms with van der Waals surface area (Å²) >= 11 is 0. The Kier molecular flexibility index (Phi) is 4.11. The van der Waals surface area contributed by atoms with Crippen molar-refractivity contribution in [1.82, 2.24) is 4.90 Å². The van der Waals surface area contributed by atoms with E-state index in [9.17, 15) is 4.79 Å². The molecule has 21 heavy (non-hydrogen) atoms. The van der Waals surface area contributed by atoms with Crippen molar-refractivity contribution < 1.29 is 9.21 Å². The standard InChI is InChI=1S/C18H23NO2/c1-13(2)9-10-19(14-7-8-14)11-17(20)16-12-21-18-6-4-3-5-15(16)18/h3-6,12-14H,7-11H2,1-2H3. The van der Waals surface area contributed by atoms with E-state index in [4.69, 9.17) is 4.42 Å². The molecule has 3 nitrogen and oxygen atoms in total. The van der Waals surface area contributed by atoms with Crippen LogP contribution in [-0.2, 0) is 0 Å². The third-order valence-corrected chi connectivity index (χ3v) is 4.19. The minimum Gasteiger partial charge on any atom is -0.464 e. The lowest BCUT2D eigenvalue weighted by atomic mass is 10.1. The lowest BCUT2D eigenvalue weighted by Crippen LogP contribution is -2.33. The van der Waals surface area contributed by atoms with Crippen LogP contribution in [0.15, 0.2) is 34.9 Å². The number of rotatable bonds is 7. The molecule has 1 aromatic carbocycles. The van der Waals surface area contributed by atoms with E-state index in [1.807, 2.05) is 24.3 Å². The average molecular weight is 285 g/mol. The van der Waals surface area contributed by atoms with Gasteiger partial charge in [-0.3, -0.25) is 9.69 Å². The summed E-state index contributed by atoms with van der Waals surface area (Å²) < 4.78 is 5.49. The topological polar surface area (TPSA) is 33.5 Å². The van der Waals surface area contributed by atoms with Gasteiger partial charge in [0.15, 0.2) is 5.78 Å². The summed E-state index contributed by atoms with van der Waals surface area (Å²) in [4.78, 5) is 15.0. The highest BCUT2D eigenvalue weighted by Crippen LogP contribution is 2.28. The van der Waals surface area contributed by atoms with Crippen molar-refractivity contribution in [3.63, 3.8) is 0 Å². The fraction of sp³-hybridized carbons (Fsp3) is 0.500. The lowest BCUT2D eigenvalue weighted by molar-refractivity contribution is 0.0921. The zero-order valence-corrected chi connectivity index (χ0v) is 12.8. The second kappa shape index (κ2) is 6.02. The van der Waals surface area contributed by atoms with Crippen molar-refractivity contribution >= 4 is 16.8 Å². The molecule has 1 fully saturated rings. The number of furan rings is 1. The average Bonchev–Trinajstić information content (AvgIpc) is 3.22. The second-order valence-electron chi connectivity index (χ2n) is 6.45. The van der Waals surface area contributed by atoms with Gasteiger partial charge in [0, 0.05) is 11.4 Å². The first kappa shape index (κ1) is 14.3. The first-order valence-corrected chi connectivity index (χ1v) is 7.88. The summed E-state index contributed by atoms with van der Waals surface area (Å²) in [6, 6.07) is 8.36. The van der Waals surface area contributed by atoms with Crippen LogP contribution in [0.3, 0.4) is 0 Å². The van der Waals surface area contributed by atoms with Crippen LogP contribution in [0, 0.1) is 5.92 Å². The predicted molar refractivity (Wildman–Crippen MR) is 84.6 cm³/mol. The quantitative estimate of drug-likeness (QED) is 0.717. The fourth-order valence-corrected chi connectivity index (χ4v) is 2.72. The molecule has 0 saturated heterocycles.